The Morgan fingerprint density at radius 1 is 0.739 bits per heavy atom. The van der Waals surface area contributed by atoms with Crippen molar-refractivity contribution >= 4 is 31.1 Å². The van der Waals surface area contributed by atoms with E-state index in [2.05, 4.69) is 20.8 Å². The molecule has 0 aliphatic heterocycles. The Morgan fingerprint density at radius 3 is 1.43 bits per heavy atom. The molecule has 134 valence electrons. The minimum absolute atomic E-state index is 0.0675. The van der Waals surface area contributed by atoms with Gasteiger partial charge in [0.25, 0.3) is 0 Å². The molecular formula is C20H36Cl2P+. The Kier molecular flexibility index (Phi) is 17.2. The molecule has 0 aromatic heterocycles. The standard InChI is InChI=1S/C12H27P.C8H8Cl2/c1-4-7-10-13(11-8-5-2)12-9-6-3;9-5-7-2-1-3-8(4-7)6-10/h4-12H2,1-3H3;1-4H,5-6H2/p+1. The maximum absolute atomic E-state index is 5.61. The highest BCUT2D eigenvalue weighted by Gasteiger charge is 2.12. The van der Waals surface area contributed by atoms with E-state index in [4.69, 9.17) is 23.2 Å². The Balaban J connectivity index is 0.000000433. The van der Waals surface area contributed by atoms with Crippen LogP contribution in [0.25, 0.3) is 0 Å². The van der Waals surface area contributed by atoms with Gasteiger partial charge in [0, 0.05) is 19.7 Å². The highest BCUT2D eigenvalue weighted by atomic mass is 35.5. The highest BCUT2D eigenvalue weighted by molar-refractivity contribution is 7.57. The Morgan fingerprint density at radius 2 is 1.13 bits per heavy atom. The fourth-order valence-electron chi connectivity index (χ4n) is 2.45. The summed E-state index contributed by atoms with van der Waals surface area (Å²) in [4.78, 5) is 0. The van der Waals surface area contributed by atoms with Gasteiger partial charge in [0.05, 0.1) is 18.5 Å². The number of benzene rings is 1. The SMILES string of the molecule is CCCC[PH+](CCCC)CCCC.ClCc1cccc(CCl)c1. The average Bonchev–Trinajstić information content (AvgIpc) is 2.61. The summed E-state index contributed by atoms with van der Waals surface area (Å²) < 4.78 is 0. The Bertz CT molecular complexity index is 330. The summed E-state index contributed by atoms with van der Waals surface area (Å²) in [7, 11) is 0.0675. The fraction of sp³-hybridized carbons (Fsp3) is 0.700. The Hall–Kier alpha value is 0.230. The summed E-state index contributed by atoms with van der Waals surface area (Å²) in [5, 5.41) is 0. The third-order valence-electron chi connectivity index (χ3n) is 3.95. The maximum atomic E-state index is 5.61. The topological polar surface area (TPSA) is 0 Å². The molecule has 0 radical (unpaired) electrons. The lowest BCUT2D eigenvalue weighted by Crippen LogP contribution is -1.95. The number of hydrogen-bond donors (Lipinski definition) is 0. The second kappa shape index (κ2) is 17.1. The van der Waals surface area contributed by atoms with Gasteiger partial charge in [0.15, 0.2) is 0 Å². The first-order valence-electron chi connectivity index (χ1n) is 9.24. The zero-order valence-electron chi connectivity index (χ0n) is 15.3. The van der Waals surface area contributed by atoms with E-state index in [9.17, 15) is 0 Å². The predicted molar refractivity (Wildman–Crippen MR) is 113 cm³/mol. The summed E-state index contributed by atoms with van der Waals surface area (Å²) in [6.07, 6.45) is 13.4. The third kappa shape index (κ3) is 13.2. The van der Waals surface area contributed by atoms with Crippen LogP contribution in [0.4, 0.5) is 0 Å². The first-order valence-corrected chi connectivity index (χ1v) is 12.4. The molecule has 0 saturated carbocycles. The zero-order chi connectivity index (χ0) is 17.3. The number of halogens is 2. The molecule has 0 fully saturated rings. The second-order valence-corrected chi connectivity index (χ2v) is 9.68. The van der Waals surface area contributed by atoms with Gasteiger partial charge in [-0.3, -0.25) is 0 Å². The van der Waals surface area contributed by atoms with E-state index in [-0.39, 0.29) is 7.92 Å². The van der Waals surface area contributed by atoms with Crippen LogP contribution in [0.2, 0.25) is 0 Å². The molecule has 0 amide bonds. The zero-order valence-corrected chi connectivity index (χ0v) is 17.9. The largest absolute Gasteiger partial charge is 0.122 e. The lowest BCUT2D eigenvalue weighted by Gasteiger charge is -2.09. The van der Waals surface area contributed by atoms with Crippen LogP contribution in [0, 0.1) is 0 Å². The van der Waals surface area contributed by atoms with Gasteiger partial charge in [0.2, 0.25) is 0 Å². The minimum atomic E-state index is 0.0675. The molecule has 3 heteroatoms. The molecule has 0 nitrogen and oxygen atoms in total. The Labute approximate surface area is 156 Å². The van der Waals surface area contributed by atoms with Crippen LogP contribution in [0.5, 0.6) is 0 Å². The average molecular weight is 378 g/mol. The van der Waals surface area contributed by atoms with E-state index in [0.29, 0.717) is 11.8 Å². The monoisotopic (exact) mass is 377 g/mol. The van der Waals surface area contributed by atoms with Crippen LogP contribution in [0.1, 0.15) is 70.4 Å². The predicted octanol–water partition coefficient (Wildman–Crippen LogP) is 7.77. The normalized spacial score (nSPS) is 10.5. The fourth-order valence-corrected chi connectivity index (χ4v) is 6.09. The number of alkyl halides is 2. The maximum Gasteiger partial charge on any atom is 0.0571 e. The summed E-state index contributed by atoms with van der Waals surface area (Å²) in [6, 6.07) is 7.96. The van der Waals surface area contributed by atoms with Crippen molar-refractivity contribution in [3.63, 3.8) is 0 Å². The summed E-state index contributed by atoms with van der Waals surface area (Å²) in [5.41, 5.74) is 2.25. The summed E-state index contributed by atoms with van der Waals surface area (Å²) in [5.74, 6) is 1.12. The number of unbranched alkanes of at least 4 members (excludes halogenated alkanes) is 3. The van der Waals surface area contributed by atoms with Crippen molar-refractivity contribution in [3.8, 4) is 0 Å². The molecule has 0 heterocycles. The summed E-state index contributed by atoms with van der Waals surface area (Å²) in [6.45, 7) is 6.96. The minimum Gasteiger partial charge on any atom is -0.122 e. The van der Waals surface area contributed by atoms with Crippen LogP contribution < -0.4 is 0 Å². The molecule has 0 spiro atoms. The van der Waals surface area contributed by atoms with Crippen molar-refractivity contribution in [2.75, 3.05) is 18.5 Å². The van der Waals surface area contributed by atoms with Crippen molar-refractivity contribution in [1.82, 2.24) is 0 Å². The quantitative estimate of drug-likeness (QED) is 0.273. The molecule has 0 aliphatic carbocycles. The van der Waals surface area contributed by atoms with Crippen molar-refractivity contribution in [1.29, 1.82) is 0 Å². The molecule has 23 heavy (non-hydrogen) atoms. The van der Waals surface area contributed by atoms with Crippen LogP contribution in [-0.4, -0.2) is 18.5 Å². The van der Waals surface area contributed by atoms with Crippen molar-refractivity contribution in [2.24, 2.45) is 0 Å². The molecule has 0 bridgehead atoms. The van der Waals surface area contributed by atoms with E-state index in [1.54, 1.807) is 18.5 Å². The van der Waals surface area contributed by atoms with Gasteiger partial charge < -0.3 is 0 Å². The lowest BCUT2D eigenvalue weighted by atomic mass is 10.2. The molecule has 0 aliphatic rings. The molecular weight excluding hydrogens is 342 g/mol. The first kappa shape index (κ1) is 23.2. The molecule has 0 N–H and O–H groups in total. The van der Waals surface area contributed by atoms with E-state index in [1.807, 2.05) is 24.3 Å². The van der Waals surface area contributed by atoms with Gasteiger partial charge in [-0.2, -0.15) is 0 Å². The van der Waals surface area contributed by atoms with Gasteiger partial charge >= 0.3 is 0 Å². The smallest absolute Gasteiger partial charge is 0.0571 e. The lowest BCUT2D eigenvalue weighted by molar-refractivity contribution is 0.847. The molecule has 1 aromatic carbocycles. The van der Waals surface area contributed by atoms with E-state index in [0.717, 1.165) is 11.1 Å². The van der Waals surface area contributed by atoms with Crippen LogP contribution in [-0.2, 0) is 11.8 Å². The molecule has 1 rings (SSSR count). The van der Waals surface area contributed by atoms with E-state index < -0.39 is 0 Å². The highest BCUT2D eigenvalue weighted by Crippen LogP contribution is 2.38. The van der Waals surface area contributed by atoms with Crippen molar-refractivity contribution < 1.29 is 0 Å². The van der Waals surface area contributed by atoms with Gasteiger partial charge in [-0.05, 0) is 30.4 Å². The van der Waals surface area contributed by atoms with E-state index in [1.165, 1.54) is 38.5 Å². The van der Waals surface area contributed by atoms with Crippen molar-refractivity contribution in [2.45, 2.75) is 71.1 Å². The molecule has 0 atom stereocenters. The van der Waals surface area contributed by atoms with Crippen LogP contribution in [0.15, 0.2) is 24.3 Å². The molecule has 0 unspecified atom stereocenters. The van der Waals surface area contributed by atoms with Crippen molar-refractivity contribution in [3.05, 3.63) is 35.4 Å². The molecule has 0 saturated heterocycles. The second-order valence-electron chi connectivity index (χ2n) is 6.15. The third-order valence-corrected chi connectivity index (χ3v) is 7.75. The first-order chi connectivity index (χ1) is 11.2. The van der Waals surface area contributed by atoms with Gasteiger partial charge in [0.1, 0.15) is 0 Å². The van der Waals surface area contributed by atoms with Gasteiger partial charge in [-0.1, -0.05) is 64.3 Å². The number of hydrogen-bond acceptors (Lipinski definition) is 0. The van der Waals surface area contributed by atoms with Gasteiger partial charge in [-0.25, -0.2) is 0 Å². The van der Waals surface area contributed by atoms with E-state index >= 15 is 0 Å². The van der Waals surface area contributed by atoms with Crippen LogP contribution >= 0.6 is 31.1 Å². The van der Waals surface area contributed by atoms with Crippen LogP contribution in [0.3, 0.4) is 0 Å². The molecule has 1 aromatic rings. The summed E-state index contributed by atoms with van der Waals surface area (Å²) >= 11 is 11.2. The number of rotatable bonds is 11. The van der Waals surface area contributed by atoms with Gasteiger partial charge in [-0.15, -0.1) is 23.2 Å².